The van der Waals surface area contributed by atoms with Gasteiger partial charge in [0.1, 0.15) is 0 Å². The highest BCUT2D eigenvalue weighted by atomic mass is 35.5. The lowest BCUT2D eigenvalue weighted by atomic mass is 9.74. The smallest absolute Gasteiger partial charge is 0.337 e. The van der Waals surface area contributed by atoms with E-state index < -0.39 is 17.8 Å². The van der Waals surface area contributed by atoms with Crippen LogP contribution in [0.15, 0.2) is 36.4 Å². The summed E-state index contributed by atoms with van der Waals surface area (Å²) in [5.74, 6) is -1.11. The second-order valence-corrected chi connectivity index (χ2v) is 8.76. The van der Waals surface area contributed by atoms with Crippen molar-refractivity contribution in [3.8, 4) is 0 Å². The van der Waals surface area contributed by atoms with E-state index in [0.717, 1.165) is 29.7 Å². The molecule has 1 aliphatic rings. The molecule has 1 amide bonds. The zero-order chi connectivity index (χ0) is 22.5. The largest absolute Gasteiger partial charge is 0.465 e. The molecule has 1 fully saturated rings. The van der Waals surface area contributed by atoms with Crippen LogP contribution >= 0.6 is 11.6 Å². The lowest BCUT2D eigenvalue weighted by Gasteiger charge is -2.31. The number of carbonyl (C=O) groups is 2. The summed E-state index contributed by atoms with van der Waals surface area (Å²) >= 11 is 6.48. The van der Waals surface area contributed by atoms with Crippen LogP contribution in [0, 0.1) is 0 Å². The molecular formula is C25H31ClN2O3. The van der Waals surface area contributed by atoms with E-state index in [9.17, 15) is 9.59 Å². The van der Waals surface area contributed by atoms with Crippen LogP contribution in [-0.2, 0) is 9.53 Å². The molecule has 0 aliphatic heterocycles. The minimum absolute atomic E-state index is 0.177. The van der Waals surface area contributed by atoms with Gasteiger partial charge in [-0.25, -0.2) is 4.79 Å². The fourth-order valence-electron chi connectivity index (χ4n) is 4.89. The standard InChI is InChI=1S/C25H31ClN2O3/c1-15(22(24(27)29)17-9-11-18(12-10-17)25(30)31-3)20-13-19(26)14-21(28-2)23(20)16-7-5-4-6-8-16/h9-16,22,28H,4-8H2,1-3H3,(H2,27,29). The fourth-order valence-corrected chi connectivity index (χ4v) is 5.12. The normalized spacial score (nSPS) is 16.4. The maximum atomic E-state index is 12.6. The number of primary amides is 1. The molecular weight excluding hydrogens is 412 g/mol. The second kappa shape index (κ2) is 10.2. The van der Waals surface area contributed by atoms with E-state index in [0.29, 0.717) is 16.5 Å². The predicted octanol–water partition coefficient (Wildman–Crippen LogP) is 5.59. The Bertz CT molecular complexity index is 937. The first-order chi connectivity index (χ1) is 14.9. The van der Waals surface area contributed by atoms with Gasteiger partial charge in [0.2, 0.25) is 5.91 Å². The first-order valence-electron chi connectivity index (χ1n) is 10.9. The molecule has 0 heterocycles. The molecule has 0 spiro atoms. The molecule has 31 heavy (non-hydrogen) atoms. The average molecular weight is 443 g/mol. The second-order valence-electron chi connectivity index (χ2n) is 8.32. The van der Waals surface area contributed by atoms with Crippen molar-refractivity contribution in [1.29, 1.82) is 0 Å². The Labute approximate surface area is 189 Å². The molecule has 2 unspecified atom stereocenters. The molecule has 6 heteroatoms. The first-order valence-corrected chi connectivity index (χ1v) is 11.2. The van der Waals surface area contributed by atoms with E-state index in [4.69, 9.17) is 22.1 Å². The Morgan fingerprint density at radius 3 is 2.32 bits per heavy atom. The van der Waals surface area contributed by atoms with Gasteiger partial charge in [-0.15, -0.1) is 0 Å². The SMILES string of the molecule is CNc1cc(Cl)cc(C(C)C(C(N)=O)c2ccc(C(=O)OC)cc2)c1C1CCCCC1. The highest BCUT2D eigenvalue weighted by Crippen LogP contribution is 2.45. The van der Waals surface area contributed by atoms with E-state index in [-0.39, 0.29) is 5.92 Å². The number of halogens is 1. The van der Waals surface area contributed by atoms with Gasteiger partial charge in [0, 0.05) is 17.8 Å². The van der Waals surface area contributed by atoms with E-state index in [1.54, 1.807) is 24.3 Å². The maximum absolute atomic E-state index is 12.6. The molecule has 166 valence electrons. The third-order valence-corrected chi connectivity index (χ3v) is 6.67. The van der Waals surface area contributed by atoms with Crippen LogP contribution in [0.1, 0.15) is 83.8 Å². The number of amides is 1. The van der Waals surface area contributed by atoms with Crippen molar-refractivity contribution in [1.82, 2.24) is 0 Å². The number of ether oxygens (including phenoxy) is 1. The van der Waals surface area contributed by atoms with E-state index in [1.807, 2.05) is 26.1 Å². The van der Waals surface area contributed by atoms with E-state index >= 15 is 0 Å². The number of esters is 1. The average Bonchev–Trinajstić information content (AvgIpc) is 2.78. The van der Waals surface area contributed by atoms with Gasteiger partial charge < -0.3 is 15.8 Å². The number of hydrogen-bond acceptors (Lipinski definition) is 4. The lowest BCUT2D eigenvalue weighted by Crippen LogP contribution is -2.27. The number of hydrogen-bond donors (Lipinski definition) is 2. The Hall–Kier alpha value is -2.53. The van der Waals surface area contributed by atoms with E-state index in [1.165, 1.54) is 31.9 Å². The van der Waals surface area contributed by atoms with Gasteiger partial charge in [-0.1, -0.05) is 49.9 Å². The van der Waals surface area contributed by atoms with Crippen molar-refractivity contribution in [2.45, 2.75) is 56.8 Å². The van der Waals surface area contributed by atoms with Crippen LogP contribution in [0.25, 0.3) is 0 Å². The van der Waals surface area contributed by atoms with Crippen molar-refractivity contribution in [2.24, 2.45) is 5.73 Å². The molecule has 2 atom stereocenters. The minimum Gasteiger partial charge on any atom is -0.465 e. The zero-order valence-corrected chi connectivity index (χ0v) is 19.2. The molecule has 0 aromatic heterocycles. The molecule has 0 bridgehead atoms. The number of benzene rings is 2. The lowest BCUT2D eigenvalue weighted by molar-refractivity contribution is -0.119. The van der Waals surface area contributed by atoms with Crippen LogP contribution in [0.3, 0.4) is 0 Å². The fraction of sp³-hybridized carbons (Fsp3) is 0.440. The van der Waals surface area contributed by atoms with Gasteiger partial charge in [-0.2, -0.15) is 0 Å². The Morgan fingerprint density at radius 1 is 1.13 bits per heavy atom. The number of nitrogens with one attached hydrogen (secondary N) is 1. The number of methoxy groups -OCH3 is 1. The molecule has 3 rings (SSSR count). The Kier molecular flexibility index (Phi) is 7.60. The Morgan fingerprint density at radius 2 is 1.77 bits per heavy atom. The number of carbonyl (C=O) groups excluding carboxylic acids is 2. The van der Waals surface area contributed by atoms with Crippen molar-refractivity contribution in [3.05, 3.63) is 63.7 Å². The quantitative estimate of drug-likeness (QED) is 0.547. The number of rotatable bonds is 7. The third-order valence-electron chi connectivity index (χ3n) is 6.45. The van der Waals surface area contributed by atoms with Gasteiger partial charge in [0.25, 0.3) is 0 Å². The zero-order valence-electron chi connectivity index (χ0n) is 18.4. The summed E-state index contributed by atoms with van der Waals surface area (Å²) in [4.78, 5) is 24.4. The summed E-state index contributed by atoms with van der Waals surface area (Å²) in [7, 11) is 3.25. The molecule has 2 aromatic carbocycles. The molecule has 2 aromatic rings. The van der Waals surface area contributed by atoms with Crippen LogP contribution < -0.4 is 11.1 Å². The van der Waals surface area contributed by atoms with Gasteiger partial charge in [-0.05, 0) is 65.6 Å². The molecule has 5 nitrogen and oxygen atoms in total. The summed E-state index contributed by atoms with van der Waals surface area (Å²) in [5.41, 5.74) is 10.4. The molecule has 1 aliphatic carbocycles. The number of nitrogens with two attached hydrogens (primary N) is 1. The molecule has 0 saturated heterocycles. The van der Waals surface area contributed by atoms with E-state index in [2.05, 4.69) is 5.32 Å². The summed E-state index contributed by atoms with van der Waals surface area (Å²) in [5, 5.41) is 3.95. The summed E-state index contributed by atoms with van der Waals surface area (Å²) in [6.07, 6.45) is 5.94. The summed E-state index contributed by atoms with van der Waals surface area (Å²) < 4.78 is 4.77. The summed E-state index contributed by atoms with van der Waals surface area (Å²) in [6, 6.07) is 10.8. The third kappa shape index (κ3) is 5.04. The summed E-state index contributed by atoms with van der Waals surface area (Å²) in [6.45, 7) is 2.03. The van der Waals surface area contributed by atoms with Gasteiger partial charge in [0.15, 0.2) is 0 Å². The highest BCUT2D eigenvalue weighted by Gasteiger charge is 2.31. The highest BCUT2D eigenvalue weighted by molar-refractivity contribution is 6.31. The van der Waals surface area contributed by atoms with Crippen LogP contribution in [-0.4, -0.2) is 26.0 Å². The maximum Gasteiger partial charge on any atom is 0.337 e. The predicted molar refractivity (Wildman–Crippen MR) is 125 cm³/mol. The van der Waals surface area contributed by atoms with Crippen molar-refractivity contribution in [3.63, 3.8) is 0 Å². The van der Waals surface area contributed by atoms with Crippen LogP contribution in [0.5, 0.6) is 0 Å². The van der Waals surface area contributed by atoms with Crippen molar-refractivity contribution < 1.29 is 14.3 Å². The van der Waals surface area contributed by atoms with Crippen molar-refractivity contribution >= 4 is 29.2 Å². The van der Waals surface area contributed by atoms with Gasteiger partial charge in [0.05, 0.1) is 18.6 Å². The van der Waals surface area contributed by atoms with Gasteiger partial charge in [-0.3, -0.25) is 4.79 Å². The van der Waals surface area contributed by atoms with Crippen LogP contribution in [0.2, 0.25) is 5.02 Å². The molecule has 0 radical (unpaired) electrons. The van der Waals surface area contributed by atoms with Crippen molar-refractivity contribution in [2.75, 3.05) is 19.5 Å². The van der Waals surface area contributed by atoms with Gasteiger partial charge >= 0.3 is 5.97 Å². The monoisotopic (exact) mass is 442 g/mol. The topological polar surface area (TPSA) is 81.4 Å². The van der Waals surface area contributed by atoms with Crippen LogP contribution in [0.4, 0.5) is 5.69 Å². The first kappa shape index (κ1) is 23.1. The number of anilines is 1. The molecule has 1 saturated carbocycles. The Balaban J connectivity index is 2.06. The molecule has 3 N–H and O–H groups in total. The minimum atomic E-state index is -0.544.